The zero-order chi connectivity index (χ0) is 11.6. The molecule has 0 bridgehead atoms. The van der Waals surface area contributed by atoms with Crippen LogP contribution in [0, 0.1) is 24.5 Å². The van der Waals surface area contributed by atoms with Crippen LogP contribution in [0.2, 0.25) is 0 Å². The summed E-state index contributed by atoms with van der Waals surface area (Å²) >= 11 is 0.887. The Morgan fingerprint density at radius 1 is 1.53 bits per heavy atom. The Morgan fingerprint density at radius 2 is 2.13 bits per heavy atom. The predicted octanol–water partition coefficient (Wildman–Crippen LogP) is 2.28. The molecule has 0 aliphatic carbocycles. The number of aromatic carboxylic acids is 1. The zero-order valence-electron chi connectivity index (χ0n) is 8.24. The van der Waals surface area contributed by atoms with Crippen molar-refractivity contribution in [3.05, 3.63) is 22.8 Å². The molecule has 2 N–H and O–H groups in total. The first-order valence-electron chi connectivity index (χ1n) is 4.11. The second-order valence-electron chi connectivity index (χ2n) is 3.04. The van der Waals surface area contributed by atoms with Crippen molar-refractivity contribution in [1.29, 1.82) is 5.26 Å². The highest BCUT2D eigenvalue weighted by Gasteiger charge is 2.18. The van der Waals surface area contributed by atoms with Crippen LogP contribution in [0.4, 0.5) is 0 Å². The van der Waals surface area contributed by atoms with Crippen LogP contribution in [0.1, 0.15) is 21.5 Å². The number of thioether (sulfide) groups is 1. The summed E-state index contributed by atoms with van der Waals surface area (Å²) in [5.41, 5.74) is 0.737. The Balaban J connectivity index is 3.50. The minimum Gasteiger partial charge on any atom is -0.507 e. The number of carboxylic acid groups (broad SMARTS) is 1. The van der Waals surface area contributed by atoms with Gasteiger partial charge in [0.1, 0.15) is 16.7 Å². The Kier molecular flexibility index (Phi) is 3.22. The average Bonchev–Trinajstić information content (AvgIpc) is 2.14. The number of carbonyl (C=O) groups is 1. The van der Waals surface area contributed by atoms with Gasteiger partial charge in [0.2, 0.25) is 0 Å². The lowest BCUT2D eigenvalue weighted by Gasteiger charge is -2.10. The van der Waals surface area contributed by atoms with E-state index in [0.29, 0.717) is 16.0 Å². The number of nitrogens with zero attached hydrogens (tertiary/aromatic N) is 1. The van der Waals surface area contributed by atoms with Crippen LogP contribution in [0.25, 0.3) is 0 Å². The third-order valence-corrected chi connectivity index (χ3v) is 2.81. The first kappa shape index (κ1) is 11.4. The molecule has 1 rings (SSSR count). The molecular weight excluding hydrogens is 214 g/mol. The van der Waals surface area contributed by atoms with E-state index in [2.05, 4.69) is 0 Å². The molecule has 0 saturated carbocycles. The first-order valence-corrected chi connectivity index (χ1v) is 4.93. The fourth-order valence-corrected chi connectivity index (χ4v) is 1.88. The summed E-state index contributed by atoms with van der Waals surface area (Å²) < 4.78 is 0. The lowest BCUT2D eigenvalue weighted by atomic mass is 10.0. The molecule has 4 nitrogen and oxygen atoms in total. The van der Waals surface area contributed by atoms with Crippen molar-refractivity contribution in [2.45, 2.75) is 18.7 Å². The standard InChI is InChI=1S/C10H9NO3S/c1-5-3-7(15-4-11)6(2)8(9(5)12)10(13)14/h3,12H,1-2H3,(H,13,14). The van der Waals surface area contributed by atoms with E-state index in [0.717, 1.165) is 11.8 Å². The van der Waals surface area contributed by atoms with Crippen LogP contribution in [0.5, 0.6) is 5.75 Å². The number of rotatable bonds is 2. The molecule has 0 unspecified atom stereocenters. The molecule has 0 spiro atoms. The Labute approximate surface area is 91.2 Å². The maximum atomic E-state index is 10.9. The van der Waals surface area contributed by atoms with Crippen molar-refractivity contribution in [3.8, 4) is 11.2 Å². The number of nitriles is 1. The topological polar surface area (TPSA) is 81.3 Å². The summed E-state index contributed by atoms with van der Waals surface area (Å²) in [5, 5.41) is 28.9. The number of benzene rings is 1. The lowest BCUT2D eigenvalue weighted by molar-refractivity contribution is 0.0692. The summed E-state index contributed by atoms with van der Waals surface area (Å²) in [6, 6.07) is 1.60. The maximum Gasteiger partial charge on any atom is 0.339 e. The molecule has 0 radical (unpaired) electrons. The highest BCUT2D eigenvalue weighted by atomic mass is 32.2. The number of aromatic hydroxyl groups is 1. The molecule has 78 valence electrons. The summed E-state index contributed by atoms with van der Waals surface area (Å²) in [6.07, 6.45) is 0. The third-order valence-electron chi connectivity index (χ3n) is 2.07. The summed E-state index contributed by atoms with van der Waals surface area (Å²) in [4.78, 5) is 11.5. The Morgan fingerprint density at radius 3 is 2.60 bits per heavy atom. The average molecular weight is 223 g/mol. The Hall–Kier alpha value is -1.67. The normalized spacial score (nSPS) is 9.67. The van der Waals surface area contributed by atoms with E-state index in [1.807, 2.05) is 5.40 Å². The number of aryl methyl sites for hydroxylation is 1. The second kappa shape index (κ2) is 4.24. The van der Waals surface area contributed by atoms with E-state index >= 15 is 0 Å². The van der Waals surface area contributed by atoms with Gasteiger partial charge < -0.3 is 10.2 Å². The molecule has 0 saturated heterocycles. The number of thiocyanates is 1. The van der Waals surface area contributed by atoms with E-state index in [-0.39, 0.29) is 11.3 Å². The molecule has 0 aliphatic rings. The molecule has 1 aromatic rings. The van der Waals surface area contributed by atoms with Crippen molar-refractivity contribution >= 4 is 17.7 Å². The van der Waals surface area contributed by atoms with Gasteiger partial charge in [0, 0.05) is 4.90 Å². The number of hydrogen-bond acceptors (Lipinski definition) is 4. The van der Waals surface area contributed by atoms with E-state index in [1.165, 1.54) is 0 Å². The molecule has 15 heavy (non-hydrogen) atoms. The van der Waals surface area contributed by atoms with Crippen LogP contribution in [0.15, 0.2) is 11.0 Å². The summed E-state index contributed by atoms with van der Waals surface area (Å²) in [7, 11) is 0. The third kappa shape index (κ3) is 2.05. The number of phenols is 1. The molecule has 0 amide bonds. The van der Waals surface area contributed by atoms with Crippen molar-refractivity contribution in [2.24, 2.45) is 0 Å². The van der Waals surface area contributed by atoms with Gasteiger partial charge in [-0.25, -0.2) is 4.79 Å². The lowest BCUT2D eigenvalue weighted by Crippen LogP contribution is -2.02. The van der Waals surface area contributed by atoms with Crippen LogP contribution in [-0.4, -0.2) is 16.2 Å². The second-order valence-corrected chi connectivity index (χ2v) is 3.87. The molecular formula is C10H9NO3S. The minimum absolute atomic E-state index is 0.132. The molecule has 0 fully saturated rings. The molecule has 0 atom stereocenters. The van der Waals surface area contributed by atoms with Gasteiger partial charge in [-0.3, -0.25) is 0 Å². The van der Waals surface area contributed by atoms with Crippen LogP contribution >= 0.6 is 11.8 Å². The van der Waals surface area contributed by atoms with Crippen molar-refractivity contribution < 1.29 is 15.0 Å². The maximum absolute atomic E-state index is 10.9. The highest BCUT2D eigenvalue weighted by molar-refractivity contribution is 8.03. The van der Waals surface area contributed by atoms with Crippen molar-refractivity contribution in [3.63, 3.8) is 0 Å². The van der Waals surface area contributed by atoms with Gasteiger partial charge in [0.25, 0.3) is 0 Å². The molecule has 0 heterocycles. The molecule has 1 aromatic carbocycles. The molecule has 0 aliphatic heterocycles. The van der Waals surface area contributed by atoms with Crippen LogP contribution in [0.3, 0.4) is 0 Å². The fraction of sp³-hybridized carbons (Fsp3) is 0.200. The minimum atomic E-state index is -1.19. The Bertz CT molecular complexity index is 463. The fourth-order valence-electron chi connectivity index (χ4n) is 1.29. The molecule has 5 heteroatoms. The smallest absolute Gasteiger partial charge is 0.339 e. The van der Waals surface area contributed by atoms with E-state index in [1.54, 1.807) is 19.9 Å². The first-order chi connectivity index (χ1) is 6.99. The van der Waals surface area contributed by atoms with E-state index in [9.17, 15) is 9.90 Å². The van der Waals surface area contributed by atoms with Gasteiger partial charge in [0.05, 0.1) is 0 Å². The monoisotopic (exact) mass is 223 g/mol. The van der Waals surface area contributed by atoms with E-state index < -0.39 is 5.97 Å². The summed E-state index contributed by atoms with van der Waals surface area (Å²) in [6.45, 7) is 3.17. The summed E-state index contributed by atoms with van der Waals surface area (Å²) in [5.74, 6) is -1.42. The van der Waals surface area contributed by atoms with Gasteiger partial charge >= 0.3 is 5.97 Å². The van der Waals surface area contributed by atoms with Crippen molar-refractivity contribution in [1.82, 2.24) is 0 Å². The zero-order valence-corrected chi connectivity index (χ0v) is 9.05. The highest BCUT2D eigenvalue weighted by Crippen LogP contribution is 2.33. The van der Waals surface area contributed by atoms with Crippen LogP contribution < -0.4 is 0 Å². The largest absolute Gasteiger partial charge is 0.507 e. The van der Waals surface area contributed by atoms with Crippen molar-refractivity contribution in [2.75, 3.05) is 0 Å². The quantitative estimate of drug-likeness (QED) is 0.593. The number of hydrogen-bond donors (Lipinski definition) is 2. The van der Waals surface area contributed by atoms with Crippen LogP contribution in [-0.2, 0) is 0 Å². The SMILES string of the molecule is Cc1cc(SC#N)c(C)c(C(=O)O)c1O. The van der Waals surface area contributed by atoms with Gasteiger partial charge in [-0.05, 0) is 42.8 Å². The van der Waals surface area contributed by atoms with E-state index in [4.69, 9.17) is 10.4 Å². The predicted molar refractivity (Wildman–Crippen MR) is 56.0 cm³/mol. The van der Waals surface area contributed by atoms with Gasteiger partial charge in [-0.15, -0.1) is 0 Å². The number of carboxylic acids is 1. The van der Waals surface area contributed by atoms with Gasteiger partial charge in [-0.1, -0.05) is 0 Å². The molecule has 0 aromatic heterocycles. The van der Waals surface area contributed by atoms with Gasteiger partial charge in [0.15, 0.2) is 0 Å². The van der Waals surface area contributed by atoms with Gasteiger partial charge in [-0.2, -0.15) is 5.26 Å².